The molecule has 0 radical (unpaired) electrons. The van der Waals surface area contributed by atoms with Gasteiger partial charge in [0.15, 0.2) is 5.65 Å². The molecule has 0 atom stereocenters. The number of hydrogen-bond acceptors (Lipinski definition) is 6. The molecule has 0 bridgehead atoms. The molecule has 2 heterocycles. The van der Waals surface area contributed by atoms with Crippen molar-refractivity contribution < 1.29 is 23.6 Å². The summed E-state index contributed by atoms with van der Waals surface area (Å²) in [6.45, 7) is 1.92. The molecule has 0 aliphatic carbocycles. The van der Waals surface area contributed by atoms with Crippen molar-refractivity contribution in [3.05, 3.63) is 35.0 Å². The Morgan fingerprint density at radius 1 is 1.26 bits per heavy atom. The average Bonchev–Trinajstić information content (AvgIpc) is 2.90. The fourth-order valence-corrected chi connectivity index (χ4v) is 3.74. The number of aryl methyl sites for hydroxylation is 1. The molecule has 144 valence electrons. The van der Waals surface area contributed by atoms with Crippen LogP contribution in [0.15, 0.2) is 29.3 Å². The van der Waals surface area contributed by atoms with Crippen molar-refractivity contribution in [3.63, 3.8) is 0 Å². The van der Waals surface area contributed by atoms with Crippen LogP contribution < -0.4 is 5.23 Å². The molecule has 0 unspecified atom stereocenters. The van der Waals surface area contributed by atoms with Crippen LogP contribution >= 0.6 is 23.4 Å². The van der Waals surface area contributed by atoms with Crippen molar-refractivity contribution in [1.82, 2.24) is 14.5 Å². The molecule has 2 N–H and O–H groups in total. The van der Waals surface area contributed by atoms with Gasteiger partial charge >= 0.3 is 6.18 Å². The SMILES string of the molecule is CCSc1cc(Cl)c(N(O)O)cc1-c1nc2cc(C(F)(F)F)cnc2n1C. The molecule has 0 aliphatic heterocycles. The minimum absolute atomic E-state index is 0.0797. The number of fused-ring (bicyclic) bond motifs is 1. The Labute approximate surface area is 161 Å². The largest absolute Gasteiger partial charge is 0.417 e. The second-order valence-corrected chi connectivity index (χ2v) is 7.29. The van der Waals surface area contributed by atoms with E-state index in [1.165, 1.54) is 17.8 Å². The van der Waals surface area contributed by atoms with E-state index in [1.54, 1.807) is 17.7 Å². The topological polar surface area (TPSA) is 74.4 Å². The van der Waals surface area contributed by atoms with Crippen molar-refractivity contribution in [2.24, 2.45) is 7.05 Å². The zero-order valence-corrected chi connectivity index (χ0v) is 15.7. The maximum Gasteiger partial charge on any atom is 0.417 e. The predicted octanol–water partition coefficient (Wildman–Crippen LogP) is 5.00. The first kappa shape index (κ1) is 19.7. The van der Waals surface area contributed by atoms with Gasteiger partial charge in [0.2, 0.25) is 0 Å². The highest BCUT2D eigenvalue weighted by molar-refractivity contribution is 7.99. The summed E-state index contributed by atoms with van der Waals surface area (Å²) in [6.07, 6.45) is -3.77. The molecule has 6 nitrogen and oxygen atoms in total. The molecule has 0 aliphatic rings. The maximum atomic E-state index is 12.9. The fraction of sp³-hybridized carbons (Fsp3) is 0.250. The predicted molar refractivity (Wildman–Crippen MR) is 96.4 cm³/mol. The molecule has 0 fully saturated rings. The van der Waals surface area contributed by atoms with Crippen LogP contribution in [0.1, 0.15) is 12.5 Å². The lowest BCUT2D eigenvalue weighted by atomic mass is 10.2. The first-order chi connectivity index (χ1) is 12.6. The molecule has 27 heavy (non-hydrogen) atoms. The second kappa shape index (κ2) is 7.19. The number of nitrogens with zero attached hydrogens (tertiary/aromatic N) is 4. The van der Waals surface area contributed by atoms with Gasteiger partial charge in [0.05, 0.1) is 10.6 Å². The number of thioether (sulfide) groups is 1. The molecular weight excluding hydrogens is 405 g/mol. The second-order valence-electron chi connectivity index (χ2n) is 5.58. The lowest BCUT2D eigenvalue weighted by Crippen LogP contribution is -2.12. The lowest BCUT2D eigenvalue weighted by Gasteiger charge is -2.15. The molecule has 0 amide bonds. The summed E-state index contributed by atoms with van der Waals surface area (Å²) in [5, 5.41) is 18.7. The van der Waals surface area contributed by atoms with Crippen LogP contribution in [0.3, 0.4) is 0 Å². The molecule has 1 aromatic carbocycles. The Kier molecular flexibility index (Phi) is 5.26. The third-order valence-corrected chi connectivity index (χ3v) is 5.08. The summed E-state index contributed by atoms with van der Waals surface area (Å²) in [5.74, 6) is 1.03. The van der Waals surface area contributed by atoms with Gasteiger partial charge in [-0.05, 0) is 24.0 Å². The first-order valence-electron chi connectivity index (χ1n) is 7.67. The smallest absolute Gasteiger partial charge is 0.312 e. The highest BCUT2D eigenvalue weighted by Crippen LogP contribution is 2.39. The van der Waals surface area contributed by atoms with Crippen molar-refractivity contribution in [2.75, 3.05) is 11.0 Å². The summed E-state index contributed by atoms with van der Waals surface area (Å²) in [7, 11) is 1.62. The van der Waals surface area contributed by atoms with Gasteiger partial charge in [0, 0.05) is 23.7 Å². The average molecular weight is 419 g/mol. The van der Waals surface area contributed by atoms with E-state index in [4.69, 9.17) is 11.6 Å². The molecule has 3 rings (SSSR count). The van der Waals surface area contributed by atoms with Gasteiger partial charge in [-0.3, -0.25) is 10.4 Å². The molecule has 11 heteroatoms. The summed E-state index contributed by atoms with van der Waals surface area (Å²) in [6, 6.07) is 3.89. The minimum atomic E-state index is -4.52. The zero-order valence-electron chi connectivity index (χ0n) is 14.1. The zero-order chi connectivity index (χ0) is 19.9. The van der Waals surface area contributed by atoms with Gasteiger partial charge in [-0.1, -0.05) is 18.5 Å². The lowest BCUT2D eigenvalue weighted by molar-refractivity contribution is -0.137. The molecule has 0 spiro atoms. The van der Waals surface area contributed by atoms with Crippen LogP contribution in [-0.4, -0.2) is 30.7 Å². The van der Waals surface area contributed by atoms with Gasteiger partial charge in [-0.25, -0.2) is 9.97 Å². The number of benzene rings is 1. The van der Waals surface area contributed by atoms with E-state index in [0.29, 0.717) is 22.0 Å². The Bertz CT molecular complexity index is 1010. The summed E-state index contributed by atoms with van der Waals surface area (Å²) >= 11 is 7.51. The first-order valence-corrected chi connectivity index (χ1v) is 9.04. The molecular formula is C16H14ClF3N4O2S. The van der Waals surface area contributed by atoms with Gasteiger partial charge in [-0.2, -0.15) is 13.2 Å². The van der Waals surface area contributed by atoms with E-state index in [0.717, 1.165) is 12.3 Å². The number of alkyl halides is 3. The van der Waals surface area contributed by atoms with Gasteiger partial charge < -0.3 is 4.57 Å². The number of imidazole rings is 1. The van der Waals surface area contributed by atoms with Crippen LogP contribution in [-0.2, 0) is 13.2 Å². The standard InChI is InChI=1S/C16H14ClF3N4O2S/c1-3-27-13-6-10(17)12(24(25)26)5-9(13)14-22-11-4-8(16(18,19)20)7-21-15(11)23(14)2/h4-7,25-26H,3H2,1-2H3. The third-order valence-electron chi connectivity index (χ3n) is 3.84. The van der Waals surface area contributed by atoms with Crippen LogP contribution in [0.25, 0.3) is 22.6 Å². The number of anilines is 1. The molecule has 0 saturated heterocycles. The quantitative estimate of drug-likeness (QED) is 0.458. The van der Waals surface area contributed by atoms with Gasteiger partial charge in [0.1, 0.15) is 17.0 Å². The van der Waals surface area contributed by atoms with Crippen molar-refractivity contribution >= 4 is 40.2 Å². The van der Waals surface area contributed by atoms with Crippen LogP contribution in [0.4, 0.5) is 18.9 Å². The summed E-state index contributed by atoms with van der Waals surface area (Å²) in [5.41, 5.74) is -0.133. The minimum Gasteiger partial charge on any atom is -0.312 e. The Morgan fingerprint density at radius 2 is 1.96 bits per heavy atom. The number of pyridine rings is 1. The normalized spacial score (nSPS) is 12.0. The Hall–Kier alpha value is -2.01. The fourth-order valence-electron chi connectivity index (χ4n) is 2.62. The van der Waals surface area contributed by atoms with Crippen molar-refractivity contribution in [1.29, 1.82) is 0 Å². The van der Waals surface area contributed by atoms with Gasteiger partial charge in [-0.15, -0.1) is 17.0 Å². The van der Waals surface area contributed by atoms with Crippen LogP contribution in [0.5, 0.6) is 0 Å². The summed E-state index contributed by atoms with van der Waals surface area (Å²) < 4.78 is 40.4. The third kappa shape index (κ3) is 3.70. The van der Waals surface area contributed by atoms with Crippen molar-refractivity contribution in [3.8, 4) is 11.4 Å². The number of hydrogen-bond donors (Lipinski definition) is 2. The Balaban J connectivity index is 2.25. The van der Waals surface area contributed by atoms with E-state index in [-0.39, 0.29) is 27.1 Å². The van der Waals surface area contributed by atoms with Crippen molar-refractivity contribution in [2.45, 2.75) is 18.0 Å². The number of halogens is 4. The highest BCUT2D eigenvalue weighted by Gasteiger charge is 2.32. The summed E-state index contributed by atoms with van der Waals surface area (Å²) in [4.78, 5) is 8.87. The van der Waals surface area contributed by atoms with Crippen LogP contribution in [0.2, 0.25) is 5.02 Å². The van der Waals surface area contributed by atoms with E-state index >= 15 is 0 Å². The van der Waals surface area contributed by atoms with Crippen LogP contribution in [0, 0.1) is 0 Å². The van der Waals surface area contributed by atoms with E-state index in [2.05, 4.69) is 9.97 Å². The highest BCUT2D eigenvalue weighted by atomic mass is 35.5. The monoisotopic (exact) mass is 418 g/mol. The maximum absolute atomic E-state index is 12.9. The van der Waals surface area contributed by atoms with Gasteiger partial charge in [0.25, 0.3) is 0 Å². The van der Waals surface area contributed by atoms with E-state index < -0.39 is 11.7 Å². The molecule has 2 aromatic heterocycles. The Morgan fingerprint density at radius 3 is 2.56 bits per heavy atom. The van der Waals surface area contributed by atoms with E-state index in [9.17, 15) is 23.6 Å². The molecule has 3 aromatic rings. The molecule has 0 saturated carbocycles. The number of aromatic nitrogens is 3. The number of rotatable bonds is 4. The van der Waals surface area contributed by atoms with E-state index in [1.807, 2.05) is 6.92 Å².